The van der Waals surface area contributed by atoms with Crippen LogP contribution < -0.4 is 5.32 Å². The number of aryl methyl sites for hydroxylation is 2. The summed E-state index contributed by atoms with van der Waals surface area (Å²) in [5.41, 5.74) is 2.77. The predicted octanol–water partition coefficient (Wildman–Crippen LogP) is 3.29. The molecule has 0 radical (unpaired) electrons. The van der Waals surface area contributed by atoms with E-state index >= 15 is 0 Å². The molecule has 0 bridgehead atoms. The van der Waals surface area contributed by atoms with E-state index in [9.17, 15) is 9.00 Å². The summed E-state index contributed by atoms with van der Waals surface area (Å²) in [4.78, 5) is 16.3. The van der Waals surface area contributed by atoms with Crippen LogP contribution in [0.5, 0.6) is 0 Å². The van der Waals surface area contributed by atoms with Gasteiger partial charge in [0, 0.05) is 46.0 Å². The van der Waals surface area contributed by atoms with Gasteiger partial charge in [0.25, 0.3) is 0 Å². The first-order valence-electron chi connectivity index (χ1n) is 7.13. The van der Waals surface area contributed by atoms with E-state index in [1.54, 1.807) is 17.6 Å². The average Bonchev–Trinajstić information content (AvgIpc) is 2.84. The van der Waals surface area contributed by atoms with Crippen molar-refractivity contribution in [3.8, 4) is 0 Å². The van der Waals surface area contributed by atoms with E-state index in [1.165, 1.54) is 0 Å². The number of hydrogen-bond donors (Lipinski definition) is 1. The van der Waals surface area contributed by atoms with Crippen LogP contribution in [0.25, 0.3) is 0 Å². The van der Waals surface area contributed by atoms with Gasteiger partial charge in [-0.1, -0.05) is 12.1 Å². The van der Waals surface area contributed by atoms with Crippen molar-refractivity contribution in [1.29, 1.82) is 0 Å². The molecular formula is C16H20N2O2S2. The Labute approximate surface area is 137 Å². The van der Waals surface area contributed by atoms with Crippen molar-refractivity contribution in [1.82, 2.24) is 4.98 Å². The molecule has 1 N–H and O–H groups in total. The fraction of sp³-hybridized carbons (Fsp3) is 0.375. The van der Waals surface area contributed by atoms with Crippen molar-refractivity contribution < 1.29 is 9.00 Å². The predicted molar refractivity (Wildman–Crippen MR) is 92.6 cm³/mol. The summed E-state index contributed by atoms with van der Waals surface area (Å²) in [5.74, 6) is 0.510. The minimum atomic E-state index is -0.880. The summed E-state index contributed by atoms with van der Waals surface area (Å²) in [7, 11) is -0.880. The summed E-state index contributed by atoms with van der Waals surface area (Å²) in [6.07, 6.45) is 3.77. The number of carbonyl (C=O) groups excluding carboxylic acids is 1. The molecular weight excluding hydrogens is 316 g/mol. The van der Waals surface area contributed by atoms with E-state index in [0.29, 0.717) is 12.2 Å². The molecule has 0 aliphatic rings. The maximum Gasteiger partial charge on any atom is 0.224 e. The second-order valence-electron chi connectivity index (χ2n) is 5.20. The van der Waals surface area contributed by atoms with Gasteiger partial charge in [-0.3, -0.25) is 9.00 Å². The van der Waals surface area contributed by atoms with Crippen molar-refractivity contribution >= 4 is 33.7 Å². The number of amides is 1. The van der Waals surface area contributed by atoms with Crippen LogP contribution >= 0.6 is 11.3 Å². The van der Waals surface area contributed by atoms with Gasteiger partial charge in [0.2, 0.25) is 5.91 Å². The smallest absolute Gasteiger partial charge is 0.224 e. The van der Waals surface area contributed by atoms with Crippen LogP contribution in [0.4, 0.5) is 5.69 Å². The lowest BCUT2D eigenvalue weighted by atomic mass is 10.2. The molecule has 1 aromatic carbocycles. The van der Waals surface area contributed by atoms with Crippen LogP contribution in [0.3, 0.4) is 0 Å². The molecule has 2 aromatic rings. The Morgan fingerprint density at radius 3 is 2.91 bits per heavy atom. The highest BCUT2D eigenvalue weighted by molar-refractivity contribution is 7.83. The van der Waals surface area contributed by atoms with E-state index in [4.69, 9.17) is 0 Å². The lowest BCUT2D eigenvalue weighted by Gasteiger charge is -2.06. The average molecular weight is 336 g/mol. The zero-order chi connectivity index (χ0) is 15.9. The number of thiazole rings is 1. The third-order valence-electron chi connectivity index (χ3n) is 3.04. The van der Waals surface area contributed by atoms with Crippen molar-refractivity contribution in [3.63, 3.8) is 0 Å². The highest BCUT2D eigenvalue weighted by Crippen LogP contribution is 2.14. The normalized spacial score (nSPS) is 12.1. The molecule has 0 spiro atoms. The number of nitrogens with one attached hydrogen (secondary N) is 1. The summed E-state index contributed by atoms with van der Waals surface area (Å²) in [5, 5.41) is 6.00. The highest BCUT2D eigenvalue weighted by Gasteiger charge is 2.05. The third kappa shape index (κ3) is 5.69. The van der Waals surface area contributed by atoms with Gasteiger partial charge in [0.05, 0.1) is 5.01 Å². The number of benzene rings is 1. The van der Waals surface area contributed by atoms with Crippen molar-refractivity contribution in [2.45, 2.75) is 31.9 Å². The molecule has 1 aromatic heterocycles. The second kappa shape index (κ2) is 8.19. The summed E-state index contributed by atoms with van der Waals surface area (Å²) in [6, 6.07) is 7.52. The molecule has 2 rings (SSSR count). The van der Waals surface area contributed by atoms with Crippen LogP contribution in [0.2, 0.25) is 0 Å². The van der Waals surface area contributed by atoms with E-state index in [-0.39, 0.29) is 5.91 Å². The van der Waals surface area contributed by atoms with Crippen LogP contribution in [0.15, 0.2) is 29.6 Å². The Balaban J connectivity index is 1.80. The lowest BCUT2D eigenvalue weighted by Crippen LogP contribution is -2.11. The van der Waals surface area contributed by atoms with Gasteiger partial charge in [-0.2, -0.15) is 0 Å². The molecule has 0 saturated heterocycles. The van der Waals surface area contributed by atoms with Gasteiger partial charge in [0.15, 0.2) is 0 Å². The Bertz CT molecular complexity index is 668. The van der Waals surface area contributed by atoms with E-state index < -0.39 is 10.8 Å². The van der Waals surface area contributed by atoms with Gasteiger partial charge in [0.1, 0.15) is 0 Å². The van der Waals surface area contributed by atoms with Crippen molar-refractivity contribution in [3.05, 3.63) is 45.9 Å². The van der Waals surface area contributed by atoms with E-state index in [1.807, 2.05) is 36.6 Å². The standard InChI is InChI=1S/C16H20N2O2S2/c1-12-10-21-16(17-12)8-4-7-15(19)18-14-6-3-5-13(9-14)11-22(2)20/h3,5-6,9-10H,4,7-8,11H2,1-2H3,(H,18,19)/t22-/m1/s1. The Morgan fingerprint density at radius 1 is 1.41 bits per heavy atom. The number of rotatable bonds is 7. The fourth-order valence-corrected chi connectivity index (χ4v) is 3.58. The van der Waals surface area contributed by atoms with Gasteiger partial charge >= 0.3 is 0 Å². The Hall–Kier alpha value is -1.53. The number of nitrogens with zero attached hydrogens (tertiary/aromatic N) is 1. The maximum absolute atomic E-state index is 12.0. The highest BCUT2D eigenvalue weighted by atomic mass is 32.2. The molecule has 0 aliphatic carbocycles. The topological polar surface area (TPSA) is 59.1 Å². The van der Waals surface area contributed by atoms with Crippen LogP contribution in [-0.4, -0.2) is 21.4 Å². The zero-order valence-electron chi connectivity index (χ0n) is 12.8. The van der Waals surface area contributed by atoms with Crippen molar-refractivity contribution in [2.24, 2.45) is 0 Å². The molecule has 118 valence electrons. The number of carbonyl (C=O) groups is 1. The van der Waals surface area contributed by atoms with Crippen LogP contribution in [-0.2, 0) is 27.8 Å². The molecule has 4 nitrogen and oxygen atoms in total. The van der Waals surface area contributed by atoms with Gasteiger partial charge in [-0.15, -0.1) is 11.3 Å². The largest absolute Gasteiger partial charge is 0.326 e. The van der Waals surface area contributed by atoms with Gasteiger partial charge < -0.3 is 5.32 Å². The van der Waals surface area contributed by atoms with Crippen LogP contribution in [0, 0.1) is 6.92 Å². The monoisotopic (exact) mass is 336 g/mol. The molecule has 6 heteroatoms. The molecule has 0 unspecified atom stereocenters. The molecule has 22 heavy (non-hydrogen) atoms. The molecule has 0 aliphatic heterocycles. The third-order valence-corrected chi connectivity index (χ3v) is 4.81. The number of anilines is 1. The first-order valence-corrected chi connectivity index (χ1v) is 9.73. The minimum absolute atomic E-state index is 0.00282. The van der Waals surface area contributed by atoms with Crippen LogP contribution in [0.1, 0.15) is 29.1 Å². The molecule has 1 heterocycles. The lowest BCUT2D eigenvalue weighted by molar-refractivity contribution is -0.116. The molecule has 1 amide bonds. The van der Waals surface area contributed by atoms with Gasteiger partial charge in [-0.05, 0) is 37.5 Å². The minimum Gasteiger partial charge on any atom is -0.326 e. The molecule has 1 atom stereocenters. The fourth-order valence-electron chi connectivity index (χ4n) is 2.11. The maximum atomic E-state index is 12.0. The summed E-state index contributed by atoms with van der Waals surface area (Å²) in [6.45, 7) is 1.98. The first kappa shape index (κ1) is 16.8. The quantitative estimate of drug-likeness (QED) is 0.844. The Kier molecular flexibility index (Phi) is 6.27. The van der Waals surface area contributed by atoms with E-state index in [0.717, 1.165) is 34.8 Å². The molecule has 0 saturated carbocycles. The summed E-state index contributed by atoms with van der Waals surface area (Å²) >= 11 is 1.64. The van der Waals surface area contributed by atoms with Crippen molar-refractivity contribution in [2.75, 3.05) is 11.6 Å². The first-order chi connectivity index (χ1) is 10.5. The van der Waals surface area contributed by atoms with E-state index in [2.05, 4.69) is 10.3 Å². The Morgan fingerprint density at radius 2 is 2.23 bits per heavy atom. The number of hydrogen-bond acceptors (Lipinski definition) is 4. The number of aromatic nitrogens is 1. The second-order valence-corrected chi connectivity index (χ2v) is 7.58. The SMILES string of the molecule is Cc1csc(CCCC(=O)Nc2cccc(C[S@@](C)=O)c2)n1. The zero-order valence-corrected chi connectivity index (χ0v) is 14.4. The van der Waals surface area contributed by atoms with Gasteiger partial charge in [-0.25, -0.2) is 4.98 Å². The molecule has 0 fully saturated rings. The summed E-state index contributed by atoms with van der Waals surface area (Å²) < 4.78 is 11.2.